The van der Waals surface area contributed by atoms with Crippen LogP contribution >= 0.6 is 0 Å². The minimum atomic E-state index is 0.318. The van der Waals surface area contributed by atoms with E-state index in [-0.39, 0.29) is 0 Å². The Morgan fingerprint density at radius 2 is 1.56 bits per heavy atom. The maximum atomic E-state index is 3.36. The van der Waals surface area contributed by atoms with Crippen molar-refractivity contribution < 1.29 is 0 Å². The monoisotopic (exact) mass is 123 g/mol. The molecule has 0 bridgehead atoms. The molecule has 0 unspecified atom stereocenters. The third kappa shape index (κ3) is 1.17. The average molecular weight is 123 g/mol. The van der Waals surface area contributed by atoms with E-state index in [0.717, 1.165) is 0 Å². The summed E-state index contributed by atoms with van der Waals surface area (Å²) in [5.41, 5.74) is 2.15. The third-order valence-electron chi connectivity index (χ3n) is 1.75. The summed E-state index contributed by atoms with van der Waals surface area (Å²) in [4.78, 5) is 0. The highest BCUT2D eigenvalue weighted by atomic mass is 14.4. The molecule has 0 nitrogen and oxygen atoms in total. The van der Waals surface area contributed by atoms with Crippen LogP contribution in [0.3, 0.4) is 0 Å². The predicted octanol–water partition coefficient (Wildman–Crippen LogP) is 2.80. The maximum Gasteiger partial charge on any atom is 0.0120 e. The number of allylic oxidation sites excluding steroid dienone is 2. The second-order valence-corrected chi connectivity index (χ2v) is 4.38. The molecule has 0 heteroatoms. The Kier molecular flexibility index (Phi) is 1.08. The van der Waals surface area contributed by atoms with E-state index < -0.39 is 0 Å². The van der Waals surface area contributed by atoms with Gasteiger partial charge >= 0.3 is 0 Å². The van der Waals surface area contributed by atoms with Gasteiger partial charge in [-0.2, -0.15) is 0 Å². The molecule has 0 saturated carbocycles. The van der Waals surface area contributed by atoms with Gasteiger partial charge in [-0.25, -0.2) is 0 Å². The van der Waals surface area contributed by atoms with Crippen molar-refractivity contribution in [3.8, 4) is 0 Å². The molecule has 0 aromatic heterocycles. The first-order chi connectivity index (χ1) is 3.84. The van der Waals surface area contributed by atoms with Crippen LogP contribution in [0.2, 0.25) is 0 Å². The lowest BCUT2D eigenvalue weighted by atomic mass is 9.86. The van der Waals surface area contributed by atoms with Gasteiger partial charge in [0.15, 0.2) is 0 Å². The van der Waals surface area contributed by atoms with Crippen LogP contribution in [0, 0.1) is 16.9 Å². The summed E-state index contributed by atoms with van der Waals surface area (Å²) in [6, 6.07) is 0. The Bertz CT molecular complexity index is 153. The normalized spacial score (nSPS) is 23.4. The molecule has 0 amide bonds. The number of hydrogen-bond donors (Lipinski definition) is 0. The van der Waals surface area contributed by atoms with E-state index in [1.165, 1.54) is 5.57 Å². The van der Waals surface area contributed by atoms with Gasteiger partial charge in [-0.1, -0.05) is 40.2 Å². The quantitative estimate of drug-likeness (QED) is 0.464. The van der Waals surface area contributed by atoms with E-state index in [1.807, 2.05) is 0 Å². The first-order valence-corrected chi connectivity index (χ1v) is 3.50. The van der Waals surface area contributed by atoms with Crippen molar-refractivity contribution in [2.75, 3.05) is 0 Å². The van der Waals surface area contributed by atoms with Gasteiger partial charge in [-0.3, -0.25) is 0 Å². The van der Waals surface area contributed by atoms with Crippen LogP contribution in [0.4, 0.5) is 0 Å². The standard InChI is InChI=1S/C9H15/c1-8(2,3)7-6-9(7,4)5/h1-5H3. The predicted molar refractivity (Wildman–Crippen MR) is 40.0 cm³/mol. The topological polar surface area (TPSA) is 0 Å². The fraction of sp³-hybridized carbons (Fsp3) is 0.778. The average Bonchev–Trinajstić information content (AvgIpc) is 2.10. The highest BCUT2D eigenvalue weighted by molar-refractivity contribution is 5.34. The van der Waals surface area contributed by atoms with Gasteiger partial charge in [0.1, 0.15) is 0 Å². The van der Waals surface area contributed by atoms with Gasteiger partial charge in [-0.05, 0) is 11.5 Å². The summed E-state index contributed by atoms with van der Waals surface area (Å²) < 4.78 is 0. The lowest BCUT2D eigenvalue weighted by molar-refractivity contribution is 0.463. The smallest absolute Gasteiger partial charge is 0.0120 e. The van der Waals surface area contributed by atoms with Crippen molar-refractivity contribution in [3.05, 3.63) is 11.6 Å². The summed E-state index contributed by atoms with van der Waals surface area (Å²) >= 11 is 0. The van der Waals surface area contributed by atoms with Crippen LogP contribution in [0.25, 0.3) is 0 Å². The second kappa shape index (κ2) is 1.42. The Morgan fingerprint density at radius 3 is 1.56 bits per heavy atom. The minimum Gasteiger partial charge on any atom is -0.0564 e. The van der Waals surface area contributed by atoms with Gasteiger partial charge in [0.05, 0.1) is 0 Å². The largest absolute Gasteiger partial charge is 0.0564 e. The van der Waals surface area contributed by atoms with Gasteiger partial charge in [0, 0.05) is 5.41 Å². The summed E-state index contributed by atoms with van der Waals surface area (Å²) in [5, 5.41) is 0. The van der Waals surface area contributed by atoms with E-state index in [2.05, 4.69) is 40.7 Å². The zero-order chi connectivity index (χ0) is 7.28. The lowest BCUT2D eigenvalue weighted by Crippen LogP contribution is -2.08. The van der Waals surface area contributed by atoms with Gasteiger partial charge in [0.2, 0.25) is 0 Å². The lowest BCUT2D eigenvalue weighted by Gasteiger charge is -2.18. The van der Waals surface area contributed by atoms with Crippen LogP contribution in [0.15, 0.2) is 5.57 Å². The Morgan fingerprint density at radius 1 is 1.22 bits per heavy atom. The summed E-state index contributed by atoms with van der Waals surface area (Å²) in [7, 11) is 0. The Labute approximate surface area is 58.0 Å². The van der Waals surface area contributed by atoms with Crippen molar-refractivity contribution in [2.45, 2.75) is 34.6 Å². The Balaban J connectivity index is 2.62. The van der Waals surface area contributed by atoms with Crippen molar-refractivity contribution in [3.63, 3.8) is 0 Å². The maximum absolute atomic E-state index is 3.36. The summed E-state index contributed by atoms with van der Waals surface area (Å²) in [5.74, 6) is 0. The second-order valence-electron chi connectivity index (χ2n) is 4.38. The first kappa shape index (κ1) is 6.85. The van der Waals surface area contributed by atoms with Crippen molar-refractivity contribution in [2.24, 2.45) is 10.8 Å². The molecule has 9 heavy (non-hydrogen) atoms. The molecule has 0 aromatic rings. The highest BCUT2D eigenvalue weighted by Gasteiger charge is 2.41. The van der Waals surface area contributed by atoms with Gasteiger partial charge in [-0.15, -0.1) is 0 Å². The molecule has 0 saturated heterocycles. The van der Waals surface area contributed by atoms with E-state index >= 15 is 0 Å². The van der Waals surface area contributed by atoms with Crippen molar-refractivity contribution >= 4 is 0 Å². The fourth-order valence-corrected chi connectivity index (χ4v) is 1.41. The zero-order valence-corrected chi connectivity index (χ0v) is 7.00. The molecule has 1 aliphatic rings. The van der Waals surface area contributed by atoms with E-state index in [9.17, 15) is 0 Å². The molecule has 1 radical (unpaired) electrons. The van der Waals surface area contributed by atoms with Crippen LogP contribution in [-0.2, 0) is 0 Å². The third-order valence-corrected chi connectivity index (χ3v) is 1.75. The molecule has 0 spiro atoms. The van der Waals surface area contributed by atoms with E-state index in [4.69, 9.17) is 0 Å². The molecule has 0 N–H and O–H groups in total. The van der Waals surface area contributed by atoms with Crippen LogP contribution < -0.4 is 0 Å². The SMILES string of the molecule is CC(C)(C)C1=[C]C1(C)C. The number of rotatable bonds is 0. The molecule has 51 valence electrons. The van der Waals surface area contributed by atoms with Crippen LogP contribution in [0.1, 0.15) is 34.6 Å². The molecule has 0 aliphatic heterocycles. The van der Waals surface area contributed by atoms with Gasteiger partial charge < -0.3 is 0 Å². The van der Waals surface area contributed by atoms with E-state index in [1.54, 1.807) is 0 Å². The summed E-state index contributed by atoms with van der Waals surface area (Å²) in [6.45, 7) is 11.2. The summed E-state index contributed by atoms with van der Waals surface area (Å²) in [6.07, 6.45) is 3.36. The molecular weight excluding hydrogens is 108 g/mol. The number of hydrogen-bond acceptors (Lipinski definition) is 0. The fourth-order valence-electron chi connectivity index (χ4n) is 1.41. The van der Waals surface area contributed by atoms with Gasteiger partial charge in [0.25, 0.3) is 0 Å². The molecule has 1 aliphatic carbocycles. The van der Waals surface area contributed by atoms with Crippen LogP contribution in [0.5, 0.6) is 0 Å². The van der Waals surface area contributed by atoms with E-state index in [0.29, 0.717) is 10.8 Å². The minimum absolute atomic E-state index is 0.318. The molecule has 0 heterocycles. The zero-order valence-electron chi connectivity index (χ0n) is 7.00. The van der Waals surface area contributed by atoms with Crippen molar-refractivity contribution in [1.29, 1.82) is 0 Å². The Hall–Kier alpha value is -0.260. The molecule has 1 rings (SSSR count). The molecule has 0 fully saturated rings. The first-order valence-electron chi connectivity index (χ1n) is 3.50. The molecule has 0 aromatic carbocycles. The van der Waals surface area contributed by atoms with Crippen molar-refractivity contribution in [1.82, 2.24) is 0 Å². The van der Waals surface area contributed by atoms with Crippen LogP contribution in [-0.4, -0.2) is 0 Å². The molecular formula is C9H15. The highest BCUT2D eigenvalue weighted by Crippen LogP contribution is 2.51. The molecule has 0 atom stereocenters.